The van der Waals surface area contributed by atoms with E-state index in [1.54, 1.807) is 48.4 Å². The molecule has 168 valence electrons. The van der Waals surface area contributed by atoms with E-state index in [1.165, 1.54) is 6.07 Å². The van der Waals surface area contributed by atoms with E-state index in [1.807, 2.05) is 17.8 Å². The first kappa shape index (κ1) is 21.9. The van der Waals surface area contributed by atoms with Crippen molar-refractivity contribution in [2.24, 2.45) is 7.05 Å². The number of imidazole rings is 1. The Hall–Kier alpha value is -3.29. The van der Waals surface area contributed by atoms with Crippen LogP contribution in [0.25, 0.3) is 0 Å². The van der Waals surface area contributed by atoms with Gasteiger partial charge in [-0.1, -0.05) is 12.1 Å². The third-order valence-electron chi connectivity index (χ3n) is 5.68. The Labute approximate surface area is 184 Å². The van der Waals surface area contributed by atoms with Crippen molar-refractivity contribution in [3.05, 3.63) is 83.4 Å². The van der Waals surface area contributed by atoms with Crippen molar-refractivity contribution in [2.45, 2.75) is 44.6 Å². The molecule has 32 heavy (non-hydrogen) atoms. The largest absolute Gasteiger partial charge is 0.486 e. The lowest BCUT2D eigenvalue weighted by Gasteiger charge is -2.30. The van der Waals surface area contributed by atoms with E-state index in [0.717, 1.165) is 30.8 Å². The number of rotatable bonds is 7. The van der Waals surface area contributed by atoms with Crippen LogP contribution >= 0.6 is 0 Å². The fourth-order valence-corrected chi connectivity index (χ4v) is 3.67. The van der Waals surface area contributed by atoms with Gasteiger partial charge < -0.3 is 14.2 Å². The molecule has 0 saturated heterocycles. The fraction of sp³-hybridized carbons (Fsp3) is 0.333. The molecule has 1 aliphatic rings. The van der Waals surface area contributed by atoms with Crippen LogP contribution in [-0.2, 0) is 19.8 Å². The first-order chi connectivity index (χ1) is 15.2. The highest BCUT2D eigenvalue weighted by atomic mass is 19.4. The molecule has 5 nitrogen and oxygen atoms in total. The lowest BCUT2D eigenvalue weighted by molar-refractivity contribution is -0.137. The molecular weight excluding hydrogens is 419 g/mol. The monoisotopic (exact) mass is 443 g/mol. The van der Waals surface area contributed by atoms with Gasteiger partial charge in [-0.15, -0.1) is 0 Å². The highest BCUT2D eigenvalue weighted by Crippen LogP contribution is 2.37. The Morgan fingerprint density at radius 2 is 1.94 bits per heavy atom. The quantitative estimate of drug-likeness (QED) is 0.492. The zero-order chi connectivity index (χ0) is 22.9. The molecule has 2 aromatic carbocycles. The van der Waals surface area contributed by atoms with Crippen molar-refractivity contribution in [1.82, 2.24) is 14.5 Å². The van der Waals surface area contributed by atoms with Gasteiger partial charge in [-0.25, -0.2) is 4.98 Å². The second kappa shape index (κ2) is 8.68. The van der Waals surface area contributed by atoms with Crippen LogP contribution in [0.4, 0.5) is 13.2 Å². The number of hydrogen-bond donors (Lipinski definition) is 0. The summed E-state index contributed by atoms with van der Waals surface area (Å²) >= 11 is 0. The topological polar surface area (TPSA) is 47.4 Å². The maximum absolute atomic E-state index is 13.3. The van der Waals surface area contributed by atoms with Crippen molar-refractivity contribution in [3.8, 4) is 5.75 Å². The average molecular weight is 443 g/mol. The second-order valence-corrected chi connectivity index (χ2v) is 8.01. The molecule has 1 aliphatic carbocycles. The van der Waals surface area contributed by atoms with Crippen LogP contribution in [0, 0.1) is 0 Å². The zero-order valence-electron chi connectivity index (χ0n) is 17.8. The Bertz CT molecular complexity index is 1090. The van der Waals surface area contributed by atoms with Crippen LogP contribution in [0.1, 0.15) is 53.1 Å². The first-order valence-corrected chi connectivity index (χ1v) is 10.4. The number of carbonyl (C=O) groups excluding carboxylic acids is 1. The molecule has 0 spiro atoms. The molecule has 3 aromatic rings. The van der Waals surface area contributed by atoms with Gasteiger partial charge in [-0.3, -0.25) is 4.79 Å². The van der Waals surface area contributed by atoms with Crippen LogP contribution < -0.4 is 4.74 Å². The number of ether oxygens (including phenoxy) is 1. The van der Waals surface area contributed by atoms with Crippen LogP contribution in [0.5, 0.6) is 5.75 Å². The summed E-state index contributed by atoms with van der Waals surface area (Å²) in [6, 6.07) is 11.6. The highest BCUT2D eigenvalue weighted by molar-refractivity contribution is 5.95. The average Bonchev–Trinajstić information content (AvgIpc) is 3.52. The molecule has 1 saturated carbocycles. The number of aryl methyl sites for hydroxylation is 1. The van der Waals surface area contributed by atoms with E-state index in [-0.39, 0.29) is 11.9 Å². The van der Waals surface area contributed by atoms with Crippen molar-refractivity contribution >= 4 is 5.91 Å². The van der Waals surface area contributed by atoms with Crippen molar-refractivity contribution < 1.29 is 22.7 Å². The summed E-state index contributed by atoms with van der Waals surface area (Å²) < 4.78 is 47.0. The summed E-state index contributed by atoms with van der Waals surface area (Å²) in [5.74, 6) is 1.18. The number of alkyl halides is 3. The molecule has 1 aromatic heterocycles. The minimum atomic E-state index is -4.42. The van der Waals surface area contributed by atoms with Crippen LogP contribution in [-0.4, -0.2) is 26.4 Å². The van der Waals surface area contributed by atoms with Gasteiger partial charge in [0.05, 0.1) is 11.6 Å². The lowest BCUT2D eigenvalue weighted by Crippen LogP contribution is -2.35. The minimum Gasteiger partial charge on any atom is -0.486 e. The van der Waals surface area contributed by atoms with Gasteiger partial charge in [-0.2, -0.15) is 13.2 Å². The van der Waals surface area contributed by atoms with Crippen molar-refractivity contribution in [3.63, 3.8) is 0 Å². The molecule has 1 atom stereocenters. The Morgan fingerprint density at radius 1 is 1.22 bits per heavy atom. The molecule has 0 radical (unpaired) electrons. The number of hydrogen-bond acceptors (Lipinski definition) is 3. The van der Waals surface area contributed by atoms with E-state index < -0.39 is 17.8 Å². The van der Waals surface area contributed by atoms with Crippen LogP contribution in [0.3, 0.4) is 0 Å². The number of amides is 1. The Balaban J connectivity index is 1.49. The third-order valence-corrected chi connectivity index (χ3v) is 5.68. The predicted molar refractivity (Wildman–Crippen MR) is 113 cm³/mol. The van der Waals surface area contributed by atoms with Crippen LogP contribution in [0.15, 0.2) is 60.9 Å². The molecule has 0 N–H and O–H groups in total. The van der Waals surface area contributed by atoms with Gasteiger partial charge >= 0.3 is 6.18 Å². The second-order valence-electron chi connectivity index (χ2n) is 8.01. The maximum Gasteiger partial charge on any atom is 0.416 e. The molecule has 1 amide bonds. The van der Waals surface area contributed by atoms with E-state index in [0.29, 0.717) is 23.5 Å². The Kier molecular flexibility index (Phi) is 5.95. The summed E-state index contributed by atoms with van der Waals surface area (Å²) in [7, 11) is 1.88. The van der Waals surface area contributed by atoms with Gasteiger partial charge in [0.25, 0.3) is 5.91 Å². The van der Waals surface area contributed by atoms with E-state index in [4.69, 9.17) is 4.74 Å². The van der Waals surface area contributed by atoms with Gasteiger partial charge in [0.1, 0.15) is 18.2 Å². The number of nitrogens with zero attached hydrogens (tertiary/aromatic N) is 3. The first-order valence-electron chi connectivity index (χ1n) is 10.4. The predicted octanol–water partition coefficient (Wildman–Crippen LogP) is 5.38. The van der Waals surface area contributed by atoms with Gasteiger partial charge in [0.15, 0.2) is 0 Å². The highest BCUT2D eigenvalue weighted by Gasteiger charge is 2.37. The van der Waals surface area contributed by atoms with Gasteiger partial charge in [0, 0.05) is 31.0 Å². The number of aromatic nitrogens is 2. The smallest absolute Gasteiger partial charge is 0.416 e. The van der Waals surface area contributed by atoms with E-state index in [9.17, 15) is 18.0 Å². The van der Waals surface area contributed by atoms with Crippen molar-refractivity contribution in [2.75, 3.05) is 0 Å². The summed E-state index contributed by atoms with van der Waals surface area (Å²) in [6.07, 6.45) is 0.797. The third kappa shape index (κ3) is 4.79. The number of benzene rings is 2. The molecule has 0 bridgehead atoms. The molecule has 1 heterocycles. The summed E-state index contributed by atoms with van der Waals surface area (Å²) in [4.78, 5) is 19.2. The standard InChI is InChI=1S/C24H24F3N3O2/c1-16(18-4-3-5-19(14-18)24(25,26)27)30(20-8-9-20)23(31)17-6-10-21(11-7-17)32-15-22-28-12-13-29(22)2/h3-7,10-14,16,20H,8-9,15H2,1-2H3. The van der Waals surface area contributed by atoms with E-state index in [2.05, 4.69) is 4.98 Å². The summed E-state index contributed by atoms with van der Waals surface area (Å²) in [6.45, 7) is 2.08. The number of halogens is 3. The molecule has 1 unspecified atom stereocenters. The lowest BCUT2D eigenvalue weighted by atomic mass is 10.0. The zero-order valence-corrected chi connectivity index (χ0v) is 17.8. The van der Waals surface area contributed by atoms with Crippen molar-refractivity contribution in [1.29, 1.82) is 0 Å². The maximum atomic E-state index is 13.3. The van der Waals surface area contributed by atoms with Crippen LogP contribution in [0.2, 0.25) is 0 Å². The van der Waals surface area contributed by atoms with Gasteiger partial charge in [-0.05, 0) is 61.7 Å². The minimum absolute atomic E-state index is 0.0337. The fourth-order valence-electron chi connectivity index (χ4n) is 3.67. The molecule has 4 rings (SSSR count). The summed E-state index contributed by atoms with van der Waals surface area (Å²) in [5.41, 5.74) is 0.231. The molecule has 0 aliphatic heterocycles. The summed E-state index contributed by atoms with van der Waals surface area (Å²) in [5, 5.41) is 0. The van der Waals surface area contributed by atoms with Gasteiger partial charge in [0.2, 0.25) is 0 Å². The molecule has 1 fully saturated rings. The number of carbonyl (C=O) groups is 1. The Morgan fingerprint density at radius 3 is 2.53 bits per heavy atom. The molecular formula is C24H24F3N3O2. The van der Waals surface area contributed by atoms with E-state index >= 15 is 0 Å². The SMILES string of the molecule is CC(c1cccc(C(F)(F)F)c1)N(C(=O)c1ccc(OCc2nccn2C)cc1)C1CC1. The molecule has 8 heteroatoms. The normalized spacial score (nSPS) is 14.8.